The highest BCUT2D eigenvalue weighted by molar-refractivity contribution is 5.74. The number of carboxylic acid groups (broad SMARTS) is 1. The van der Waals surface area contributed by atoms with Crippen molar-refractivity contribution in [2.24, 2.45) is 17.8 Å². The molecule has 1 amide bonds. The summed E-state index contributed by atoms with van der Waals surface area (Å²) in [5.74, 6) is -0.736. The molecule has 0 unspecified atom stereocenters. The molecular weight excluding hydrogens is 258 g/mol. The molecule has 0 radical (unpaired) electrons. The van der Waals surface area contributed by atoms with Crippen LogP contribution in [-0.4, -0.2) is 41.8 Å². The van der Waals surface area contributed by atoms with Crippen molar-refractivity contribution in [3.8, 4) is 0 Å². The van der Waals surface area contributed by atoms with Crippen LogP contribution in [0.4, 0.5) is 4.79 Å². The fourth-order valence-corrected chi connectivity index (χ4v) is 3.50. The first-order valence-electron chi connectivity index (χ1n) is 7.39. The van der Waals surface area contributed by atoms with E-state index < -0.39 is 18.0 Å². The van der Waals surface area contributed by atoms with Gasteiger partial charge in [0.05, 0.1) is 5.92 Å². The maximum absolute atomic E-state index is 11.9. The Morgan fingerprint density at radius 2 is 1.95 bits per heavy atom. The molecule has 20 heavy (non-hydrogen) atoms. The van der Waals surface area contributed by atoms with E-state index in [1.165, 1.54) is 25.3 Å². The summed E-state index contributed by atoms with van der Waals surface area (Å²) in [5.41, 5.74) is 0. The number of carboxylic acids is 1. The molecule has 2 rings (SSSR count). The molecule has 1 saturated heterocycles. The van der Waals surface area contributed by atoms with Gasteiger partial charge in [0, 0.05) is 13.1 Å². The van der Waals surface area contributed by atoms with Crippen molar-refractivity contribution in [3.05, 3.63) is 12.7 Å². The average molecular weight is 281 g/mol. The fourth-order valence-electron chi connectivity index (χ4n) is 3.50. The van der Waals surface area contributed by atoms with Crippen molar-refractivity contribution in [2.45, 2.75) is 32.1 Å². The molecule has 1 heterocycles. The first kappa shape index (κ1) is 14.9. The first-order valence-corrected chi connectivity index (χ1v) is 7.39. The molecule has 2 atom stereocenters. The number of amides is 1. The molecule has 0 aromatic rings. The second-order valence-electron chi connectivity index (χ2n) is 5.78. The lowest BCUT2D eigenvalue weighted by molar-refractivity contribution is -0.143. The molecule has 5 nitrogen and oxygen atoms in total. The molecule has 2 fully saturated rings. The van der Waals surface area contributed by atoms with Crippen molar-refractivity contribution in [1.82, 2.24) is 4.90 Å². The predicted molar refractivity (Wildman–Crippen MR) is 74.3 cm³/mol. The van der Waals surface area contributed by atoms with E-state index in [4.69, 9.17) is 4.74 Å². The van der Waals surface area contributed by atoms with Gasteiger partial charge in [-0.05, 0) is 11.8 Å². The smallest absolute Gasteiger partial charge is 0.410 e. The lowest BCUT2D eigenvalue weighted by Gasteiger charge is -2.29. The number of hydrogen-bond donors (Lipinski definition) is 1. The minimum Gasteiger partial charge on any atom is -0.481 e. The Morgan fingerprint density at radius 1 is 1.25 bits per heavy atom. The summed E-state index contributed by atoms with van der Waals surface area (Å²) in [7, 11) is 0. The van der Waals surface area contributed by atoms with Gasteiger partial charge in [-0.1, -0.05) is 44.8 Å². The summed E-state index contributed by atoms with van der Waals surface area (Å²) < 4.78 is 5.01. The van der Waals surface area contributed by atoms with E-state index in [0.717, 1.165) is 12.8 Å². The maximum Gasteiger partial charge on any atom is 0.410 e. The van der Waals surface area contributed by atoms with Crippen LogP contribution >= 0.6 is 0 Å². The fraction of sp³-hybridized carbons (Fsp3) is 0.733. The maximum atomic E-state index is 11.9. The second kappa shape index (κ2) is 6.77. The van der Waals surface area contributed by atoms with E-state index in [0.29, 0.717) is 12.5 Å². The molecule has 112 valence electrons. The third-order valence-corrected chi connectivity index (χ3v) is 4.52. The van der Waals surface area contributed by atoms with Crippen LogP contribution in [0.25, 0.3) is 0 Å². The van der Waals surface area contributed by atoms with E-state index in [1.807, 2.05) is 0 Å². The zero-order chi connectivity index (χ0) is 14.5. The number of carbonyl (C=O) groups excluding carboxylic acids is 1. The Labute approximate surface area is 119 Å². The summed E-state index contributed by atoms with van der Waals surface area (Å²) in [4.78, 5) is 24.8. The molecule has 1 aliphatic carbocycles. The van der Waals surface area contributed by atoms with Gasteiger partial charge in [-0.25, -0.2) is 4.79 Å². The Bertz CT molecular complexity index is 376. The zero-order valence-electron chi connectivity index (χ0n) is 11.8. The molecule has 1 saturated carbocycles. The average Bonchev–Trinajstić information content (AvgIpc) is 2.91. The van der Waals surface area contributed by atoms with Gasteiger partial charge in [0.2, 0.25) is 0 Å². The van der Waals surface area contributed by atoms with Crippen LogP contribution in [0.1, 0.15) is 32.1 Å². The lowest BCUT2D eigenvalue weighted by Crippen LogP contribution is -2.30. The number of hydrogen-bond acceptors (Lipinski definition) is 3. The van der Waals surface area contributed by atoms with E-state index in [9.17, 15) is 14.7 Å². The second-order valence-corrected chi connectivity index (χ2v) is 5.78. The van der Waals surface area contributed by atoms with Gasteiger partial charge >= 0.3 is 12.1 Å². The standard InChI is InChI=1S/C15H23NO4/c1-2-8-20-15(19)16-9-12(13(10-16)14(17)18)11-6-4-3-5-7-11/h2,11-13H,1,3-10H2,(H,17,18)/t12-,13+/m0/s1. The summed E-state index contributed by atoms with van der Waals surface area (Å²) in [6.45, 7) is 4.45. The largest absolute Gasteiger partial charge is 0.481 e. The van der Waals surface area contributed by atoms with Gasteiger partial charge in [-0.2, -0.15) is 0 Å². The third-order valence-electron chi connectivity index (χ3n) is 4.52. The van der Waals surface area contributed by atoms with Crippen LogP contribution in [0.3, 0.4) is 0 Å². The molecule has 1 aliphatic heterocycles. The SMILES string of the molecule is C=CCOC(=O)N1C[C@@H](C(=O)O)[C@H](C2CCCCC2)C1. The number of rotatable bonds is 4. The number of aliphatic carboxylic acids is 1. The Hall–Kier alpha value is -1.52. The van der Waals surface area contributed by atoms with Crippen molar-refractivity contribution in [2.75, 3.05) is 19.7 Å². The molecule has 0 aromatic heterocycles. The van der Waals surface area contributed by atoms with Crippen molar-refractivity contribution in [3.63, 3.8) is 0 Å². The van der Waals surface area contributed by atoms with E-state index in [-0.39, 0.29) is 19.1 Å². The lowest BCUT2D eigenvalue weighted by atomic mass is 9.75. The molecule has 0 spiro atoms. The predicted octanol–water partition coefficient (Wildman–Crippen LogP) is 2.52. The highest BCUT2D eigenvalue weighted by atomic mass is 16.6. The number of nitrogens with zero attached hydrogens (tertiary/aromatic N) is 1. The molecule has 5 heteroatoms. The van der Waals surface area contributed by atoms with Gasteiger partial charge in [-0.3, -0.25) is 4.79 Å². The summed E-state index contributed by atoms with van der Waals surface area (Å²) in [6.07, 6.45) is 6.86. The number of likely N-dealkylation sites (tertiary alicyclic amines) is 1. The normalized spacial score (nSPS) is 27.3. The quantitative estimate of drug-likeness (QED) is 0.804. The molecule has 2 aliphatic rings. The van der Waals surface area contributed by atoms with Gasteiger partial charge in [-0.15, -0.1) is 0 Å². The molecule has 1 N–H and O–H groups in total. The van der Waals surface area contributed by atoms with Gasteiger partial charge in [0.25, 0.3) is 0 Å². The summed E-state index contributed by atoms with van der Waals surface area (Å²) in [6, 6.07) is 0. The summed E-state index contributed by atoms with van der Waals surface area (Å²) in [5, 5.41) is 9.39. The van der Waals surface area contributed by atoms with Crippen LogP contribution in [0.2, 0.25) is 0 Å². The van der Waals surface area contributed by atoms with Crippen LogP contribution in [0.5, 0.6) is 0 Å². The summed E-state index contributed by atoms with van der Waals surface area (Å²) >= 11 is 0. The molecule has 0 aromatic carbocycles. The Balaban J connectivity index is 2.00. The first-order chi connectivity index (χ1) is 9.63. The van der Waals surface area contributed by atoms with Crippen LogP contribution in [0.15, 0.2) is 12.7 Å². The van der Waals surface area contributed by atoms with Gasteiger partial charge in [0.1, 0.15) is 6.61 Å². The van der Waals surface area contributed by atoms with E-state index >= 15 is 0 Å². The van der Waals surface area contributed by atoms with E-state index in [2.05, 4.69) is 6.58 Å². The van der Waals surface area contributed by atoms with Crippen LogP contribution in [-0.2, 0) is 9.53 Å². The minimum absolute atomic E-state index is 0.0732. The van der Waals surface area contributed by atoms with Gasteiger partial charge in [0.15, 0.2) is 0 Å². The minimum atomic E-state index is -0.792. The molecule has 0 bridgehead atoms. The van der Waals surface area contributed by atoms with Gasteiger partial charge < -0.3 is 14.7 Å². The third kappa shape index (κ3) is 3.32. The Morgan fingerprint density at radius 3 is 2.55 bits per heavy atom. The highest BCUT2D eigenvalue weighted by Crippen LogP contribution is 2.38. The van der Waals surface area contributed by atoms with Crippen LogP contribution < -0.4 is 0 Å². The Kier molecular flexibility index (Phi) is 5.04. The number of ether oxygens (including phenoxy) is 1. The van der Waals surface area contributed by atoms with Crippen molar-refractivity contribution >= 4 is 12.1 Å². The van der Waals surface area contributed by atoms with Crippen molar-refractivity contribution < 1.29 is 19.4 Å². The molecular formula is C15H23NO4. The van der Waals surface area contributed by atoms with E-state index in [1.54, 1.807) is 4.90 Å². The topological polar surface area (TPSA) is 66.8 Å². The highest BCUT2D eigenvalue weighted by Gasteiger charge is 2.43. The zero-order valence-corrected chi connectivity index (χ0v) is 11.8. The van der Waals surface area contributed by atoms with Crippen molar-refractivity contribution in [1.29, 1.82) is 0 Å². The van der Waals surface area contributed by atoms with Crippen LogP contribution in [0, 0.1) is 17.8 Å². The monoisotopic (exact) mass is 281 g/mol. The number of carbonyl (C=O) groups is 2.